The van der Waals surface area contributed by atoms with Crippen LogP contribution in [0.4, 0.5) is 11.4 Å². The van der Waals surface area contributed by atoms with Gasteiger partial charge in [-0.2, -0.15) is 0 Å². The van der Waals surface area contributed by atoms with Crippen molar-refractivity contribution in [2.24, 2.45) is 0 Å². The van der Waals surface area contributed by atoms with Crippen LogP contribution >= 0.6 is 0 Å². The van der Waals surface area contributed by atoms with Gasteiger partial charge in [-0.3, -0.25) is 9.62 Å². The minimum Gasteiger partial charge on any atom is -0.495 e. The van der Waals surface area contributed by atoms with Crippen molar-refractivity contribution in [3.05, 3.63) is 90.0 Å². The van der Waals surface area contributed by atoms with E-state index >= 15 is 0 Å². The summed E-state index contributed by atoms with van der Waals surface area (Å²) in [5.74, 6) is 0.486. The molecule has 1 heterocycles. The number of rotatable bonds is 8. The first-order valence-corrected chi connectivity index (χ1v) is 12.1. The standard InChI is InChI=1S/C24H27N3O3S/c1-30-23-14-13-20(15-22(23)26-31(2,28)29)25-21-16-27(17-21)24(18-9-5-3-6-10-18)19-11-7-4-8-12-19/h3-15,21,24-26H,16-17H2,1-2H3. The van der Waals surface area contributed by atoms with Crippen molar-refractivity contribution in [2.45, 2.75) is 12.1 Å². The Balaban J connectivity index is 1.47. The SMILES string of the molecule is COc1ccc(NC2CN(C(c3ccccc3)c3ccccc3)C2)cc1NS(C)(=O)=O. The van der Waals surface area contributed by atoms with Crippen LogP contribution in [0.1, 0.15) is 17.2 Å². The van der Waals surface area contributed by atoms with Crippen molar-refractivity contribution in [3.8, 4) is 5.75 Å². The lowest BCUT2D eigenvalue weighted by atomic mass is 9.93. The van der Waals surface area contributed by atoms with Crippen LogP contribution in [0.15, 0.2) is 78.9 Å². The van der Waals surface area contributed by atoms with E-state index in [4.69, 9.17) is 4.74 Å². The molecule has 1 fully saturated rings. The topological polar surface area (TPSA) is 70.7 Å². The number of benzene rings is 3. The summed E-state index contributed by atoms with van der Waals surface area (Å²) in [6.07, 6.45) is 1.13. The summed E-state index contributed by atoms with van der Waals surface area (Å²) in [6, 6.07) is 27.0. The second-order valence-corrected chi connectivity index (χ2v) is 9.56. The van der Waals surface area contributed by atoms with Gasteiger partial charge in [-0.25, -0.2) is 8.42 Å². The predicted octanol–water partition coefficient (Wildman–Crippen LogP) is 3.95. The molecule has 3 aromatic rings. The van der Waals surface area contributed by atoms with Gasteiger partial charge in [0.15, 0.2) is 0 Å². The third-order valence-electron chi connectivity index (χ3n) is 5.37. The van der Waals surface area contributed by atoms with Crippen LogP contribution in [0, 0.1) is 0 Å². The number of hydrogen-bond acceptors (Lipinski definition) is 5. The van der Waals surface area contributed by atoms with E-state index in [0.29, 0.717) is 11.4 Å². The molecule has 0 bridgehead atoms. The van der Waals surface area contributed by atoms with Gasteiger partial charge in [0.05, 0.1) is 31.1 Å². The molecule has 0 atom stereocenters. The number of hydrogen-bond donors (Lipinski definition) is 2. The summed E-state index contributed by atoms with van der Waals surface area (Å²) in [4.78, 5) is 2.45. The van der Waals surface area contributed by atoms with Gasteiger partial charge in [-0.1, -0.05) is 60.7 Å². The Morgan fingerprint density at radius 1 is 0.935 bits per heavy atom. The molecule has 1 aliphatic heterocycles. The van der Waals surface area contributed by atoms with E-state index in [9.17, 15) is 8.42 Å². The third kappa shape index (κ3) is 5.18. The molecule has 0 unspecified atom stereocenters. The van der Waals surface area contributed by atoms with Crippen LogP contribution < -0.4 is 14.8 Å². The van der Waals surface area contributed by atoms with Crippen molar-refractivity contribution < 1.29 is 13.2 Å². The van der Waals surface area contributed by atoms with E-state index in [2.05, 4.69) is 63.5 Å². The first-order valence-electron chi connectivity index (χ1n) is 10.2. The monoisotopic (exact) mass is 437 g/mol. The maximum Gasteiger partial charge on any atom is 0.229 e. The summed E-state index contributed by atoms with van der Waals surface area (Å²) >= 11 is 0. The molecule has 1 aliphatic rings. The molecule has 0 saturated carbocycles. The van der Waals surface area contributed by atoms with Gasteiger partial charge in [-0.05, 0) is 29.3 Å². The van der Waals surface area contributed by atoms with Crippen molar-refractivity contribution in [3.63, 3.8) is 0 Å². The van der Waals surface area contributed by atoms with Crippen molar-refractivity contribution >= 4 is 21.4 Å². The van der Waals surface area contributed by atoms with E-state index in [-0.39, 0.29) is 12.1 Å². The molecule has 0 spiro atoms. The second kappa shape index (κ2) is 8.99. The Kier molecular flexibility index (Phi) is 6.15. The van der Waals surface area contributed by atoms with Crippen LogP contribution in [0.3, 0.4) is 0 Å². The average molecular weight is 438 g/mol. The molecule has 3 aromatic carbocycles. The fourth-order valence-corrected chi connectivity index (χ4v) is 4.57. The van der Waals surface area contributed by atoms with Crippen LogP contribution in [0.25, 0.3) is 0 Å². The number of likely N-dealkylation sites (tertiary alicyclic amines) is 1. The Bertz CT molecular complexity index is 1080. The Hall–Kier alpha value is -3.03. The Labute approximate surface area is 183 Å². The molecular formula is C24H27N3O3S. The van der Waals surface area contributed by atoms with Gasteiger partial charge >= 0.3 is 0 Å². The first kappa shape index (κ1) is 21.2. The summed E-state index contributed by atoms with van der Waals surface area (Å²) in [7, 11) is -1.87. The molecule has 2 N–H and O–H groups in total. The van der Waals surface area contributed by atoms with Crippen LogP contribution in [0.2, 0.25) is 0 Å². The lowest BCUT2D eigenvalue weighted by Gasteiger charge is -2.45. The number of anilines is 2. The summed E-state index contributed by atoms with van der Waals surface area (Å²) in [5.41, 5.74) is 3.83. The van der Waals surface area contributed by atoms with E-state index in [1.165, 1.54) is 18.2 Å². The largest absolute Gasteiger partial charge is 0.495 e. The van der Waals surface area contributed by atoms with Crippen molar-refractivity contribution in [1.82, 2.24) is 4.90 Å². The fraction of sp³-hybridized carbons (Fsp3) is 0.250. The number of sulfonamides is 1. The number of nitrogens with one attached hydrogen (secondary N) is 2. The number of ether oxygens (including phenoxy) is 1. The second-order valence-electron chi connectivity index (χ2n) is 7.81. The molecule has 0 aromatic heterocycles. The normalized spacial score (nSPS) is 14.8. The molecular weight excluding hydrogens is 410 g/mol. The summed E-state index contributed by atoms with van der Waals surface area (Å²) in [5, 5.41) is 3.51. The molecule has 1 saturated heterocycles. The molecule has 0 aliphatic carbocycles. The lowest BCUT2D eigenvalue weighted by Crippen LogP contribution is -2.56. The number of nitrogens with zero attached hydrogens (tertiary/aromatic N) is 1. The van der Waals surface area contributed by atoms with E-state index in [1.54, 1.807) is 12.1 Å². The highest BCUT2D eigenvalue weighted by molar-refractivity contribution is 7.92. The van der Waals surface area contributed by atoms with Gasteiger partial charge < -0.3 is 10.1 Å². The van der Waals surface area contributed by atoms with Gasteiger partial charge in [0.1, 0.15) is 5.75 Å². The van der Waals surface area contributed by atoms with Crippen LogP contribution in [0.5, 0.6) is 5.75 Å². The molecule has 162 valence electrons. The van der Waals surface area contributed by atoms with Gasteiger partial charge in [0, 0.05) is 18.8 Å². The highest BCUT2D eigenvalue weighted by Crippen LogP contribution is 2.34. The summed E-state index contributed by atoms with van der Waals surface area (Å²) < 4.78 is 31.1. The zero-order valence-electron chi connectivity index (χ0n) is 17.7. The van der Waals surface area contributed by atoms with Gasteiger partial charge in [0.2, 0.25) is 10.0 Å². The first-order chi connectivity index (χ1) is 14.9. The summed E-state index contributed by atoms with van der Waals surface area (Å²) in [6.45, 7) is 1.77. The van der Waals surface area contributed by atoms with Gasteiger partial charge in [0.25, 0.3) is 0 Å². The number of methoxy groups -OCH3 is 1. The highest BCUT2D eigenvalue weighted by Gasteiger charge is 2.34. The minimum atomic E-state index is -3.39. The highest BCUT2D eigenvalue weighted by atomic mass is 32.2. The zero-order valence-corrected chi connectivity index (χ0v) is 18.5. The molecule has 0 radical (unpaired) electrons. The van der Waals surface area contributed by atoms with E-state index in [0.717, 1.165) is 25.0 Å². The predicted molar refractivity (Wildman–Crippen MR) is 125 cm³/mol. The third-order valence-corrected chi connectivity index (χ3v) is 5.96. The van der Waals surface area contributed by atoms with Crippen molar-refractivity contribution in [1.29, 1.82) is 0 Å². The molecule has 4 rings (SSSR count). The maximum absolute atomic E-state index is 11.7. The quantitative estimate of drug-likeness (QED) is 0.558. The average Bonchev–Trinajstić information content (AvgIpc) is 2.73. The van der Waals surface area contributed by atoms with Crippen LogP contribution in [-0.2, 0) is 10.0 Å². The Morgan fingerprint density at radius 2 is 1.52 bits per heavy atom. The van der Waals surface area contributed by atoms with Gasteiger partial charge in [-0.15, -0.1) is 0 Å². The van der Waals surface area contributed by atoms with Crippen LogP contribution in [-0.4, -0.2) is 45.8 Å². The van der Waals surface area contributed by atoms with E-state index in [1.807, 2.05) is 18.2 Å². The molecule has 31 heavy (non-hydrogen) atoms. The molecule has 7 heteroatoms. The minimum absolute atomic E-state index is 0.207. The smallest absolute Gasteiger partial charge is 0.229 e. The molecule has 6 nitrogen and oxygen atoms in total. The molecule has 0 amide bonds. The fourth-order valence-electron chi connectivity index (χ4n) is 4.01. The maximum atomic E-state index is 11.7. The Morgan fingerprint density at radius 3 is 2.03 bits per heavy atom. The zero-order chi connectivity index (χ0) is 21.8. The van der Waals surface area contributed by atoms with E-state index < -0.39 is 10.0 Å². The lowest BCUT2D eigenvalue weighted by molar-refractivity contribution is 0.123. The van der Waals surface area contributed by atoms with Crippen molar-refractivity contribution in [2.75, 3.05) is 36.5 Å².